The van der Waals surface area contributed by atoms with Gasteiger partial charge in [-0.3, -0.25) is 4.68 Å². The molecule has 4 nitrogen and oxygen atoms in total. The van der Waals surface area contributed by atoms with Gasteiger partial charge in [0.15, 0.2) is 0 Å². The van der Waals surface area contributed by atoms with Crippen LogP contribution < -0.4 is 5.73 Å². The number of hydrogen-bond donors (Lipinski definition) is 2. The quantitative estimate of drug-likeness (QED) is 0.709. The van der Waals surface area contributed by atoms with E-state index in [-0.39, 0.29) is 6.10 Å². The van der Waals surface area contributed by atoms with Gasteiger partial charge in [0, 0.05) is 25.2 Å². The third kappa shape index (κ3) is 1.44. The van der Waals surface area contributed by atoms with Crippen LogP contribution in [0.1, 0.15) is 30.3 Å². The Morgan fingerprint density at radius 3 is 3.07 bits per heavy atom. The highest BCUT2D eigenvalue weighted by molar-refractivity contribution is 5.29. The maximum atomic E-state index is 9.59. The Balaban J connectivity index is 2.42. The first-order valence-corrected chi connectivity index (χ1v) is 5.21. The van der Waals surface area contributed by atoms with Gasteiger partial charge in [-0.1, -0.05) is 0 Å². The second-order valence-electron chi connectivity index (χ2n) is 3.79. The van der Waals surface area contributed by atoms with E-state index in [1.165, 1.54) is 11.3 Å². The zero-order valence-electron chi connectivity index (χ0n) is 8.53. The molecule has 1 aromatic rings. The molecule has 78 valence electrons. The maximum Gasteiger partial charge on any atom is 0.0795 e. The zero-order chi connectivity index (χ0) is 10.1. The number of aliphatic hydroxyl groups excluding tert-OH is 1. The van der Waals surface area contributed by atoms with E-state index in [1.54, 1.807) is 0 Å². The van der Waals surface area contributed by atoms with Gasteiger partial charge < -0.3 is 10.8 Å². The van der Waals surface area contributed by atoms with Gasteiger partial charge in [-0.25, -0.2) is 0 Å². The Kier molecular flexibility index (Phi) is 2.56. The fraction of sp³-hybridized carbons (Fsp3) is 0.700. The summed E-state index contributed by atoms with van der Waals surface area (Å²) in [5, 5.41) is 14.0. The smallest absolute Gasteiger partial charge is 0.0795 e. The van der Waals surface area contributed by atoms with Crippen LogP contribution in [-0.2, 0) is 25.9 Å². The van der Waals surface area contributed by atoms with Crippen molar-refractivity contribution in [2.24, 2.45) is 5.73 Å². The Bertz CT molecular complexity index is 332. The summed E-state index contributed by atoms with van der Waals surface area (Å²) in [6, 6.07) is 0. The standard InChI is InChI=1S/C10H17N3O/c1-2-13-10-5-7(14)3-4-8(10)9(6-11)12-13/h7,14H,2-6,11H2,1H3. The first-order valence-electron chi connectivity index (χ1n) is 5.21. The van der Waals surface area contributed by atoms with Gasteiger partial charge in [0.25, 0.3) is 0 Å². The van der Waals surface area contributed by atoms with E-state index >= 15 is 0 Å². The van der Waals surface area contributed by atoms with Crippen LogP contribution in [0.3, 0.4) is 0 Å². The Morgan fingerprint density at radius 1 is 1.64 bits per heavy atom. The van der Waals surface area contributed by atoms with E-state index in [0.29, 0.717) is 6.54 Å². The zero-order valence-corrected chi connectivity index (χ0v) is 8.53. The summed E-state index contributed by atoms with van der Waals surface area (Å²) in [7, 11) is 0. The summed E-state index contributed by atoms with van der Waals surface area (Å²) >= 11 is 0. The number of nitrogens with two attached hydrogens (primary N) is 1. The lowest BCUT2D eigenvalue weighted by molar-refractivity contribution is 0.155. The van der Waals surface area contributed by atoms with Gasteiger partial charge in [0.2, 0.25) is 0 Å². The van der Waals surface area contributed by atoms with Crippen molar-refractivity contribution in [3.63, 3.8) is 0 Å². The highest BCUT2D eigenvalue weighted by Gasteiger charge is 2.23. The fourth-order valence-corrected chi connectivity index (χ4v) is 2.17. The summed E-state index contributed by atoms with van der Waals surface area (Å²) in [5.74, 6) is 0. The maximum absolute atomic E-state index is 9.59. The molecule has 0 aromatic carbocycles. The van der Waals surface area contributed by atoms with E-state index in [2.05, 4.69) is 12.0 Å². The molecule has 0 radical (unpaired) electrons. The number of aryl methyl sites for hydroxylation is 1. The van der Waals surface area contributed by atoms with Crippen LogP contribution in [0.5, 0.6) is 0 Å². The molecule has 1 atom stereocenters. The molecule has 0 saturated carbocycles. The molecule has 1 aliphatic carbocycles. The largest absolute Gasteiger partial charge is 0.393 e. The number of nitrogens with zero attached hydrogens (tertiary/aromatic N) is 2. The SMILES string of the molecule is CCn1nc(CN)c2c1CC(O)CC2. The number of hydrogen-bond acceptors (Lipinski definition) is 3. The van der Waals surface area contributed by atoms with Crippen molar-refractivity contribution < 1.29 is 5.11 Å². The van der Waals surface area contributed by atoms with Crippen molar-refractivity contribution in [3.8, 4) is 0 Å². The topological polar surface area (TPSA) is 64.1 Å². The summed E-state index contributed by atoms with van der Waals surface area (Å²) in [4.78, 5) is 0. The van der Waals surface area contributed by atoms with Crippen molar-refractivity contribution in [2.45, 2.75) is 45.4 Å². The molecule has 14 heavy (non-hydrogen) atoms. The fourth-order valence-electron chi connectivity index (χ4n) is 2.17. The third-order valence-electron chi connectivity index (χ3n) is 2.90. The molecule has 0 bridgehead atoms. The van der Waals surface area contributed by atoms with Crippen LogP contribution in [0.15, 0.2) is 0 Å². The van der Waals surface area contributed by atoms with Crippen LogP contribution in [-0.4, -0.2) is 21.0 Å². The van der Waals surface area contributed by atoms with Crippen LogP contribution in [0.2, 0.25) is 0 Å². The molecule has 1 aliphatic rings. The van der Waals surface area contributed by atoms with E-state index in [0.717, 1.165) is 31.5 Å². The number of fused-ring (bicyclic) bond motifs is 1. The van der Waals surface area contributed by atoms with E-state index in [9.17, 15) is 5.11 Å². The number of rotatable bonds is 2. The van der Waals surface area contributed by atoms with E-state index in [1.807, 2.05) is 4.68 Å². The highest BCUT2D eigenvalue weighted by atomic mass is 16.3. The second kappa shape index (κ2) is 3.71. The van der Waals surface area contributed by atoms with Crippen LogP contribution in [0, 0.1) is 0 Å². The van der Waals surface area contributed by atoms with E-state index in [4.69, 9.17) is 5.73 Å². The molecule has 0 fully saturated rings. The molecule has 1 heterocycles. The molecule has 0 aliphatic heterocycles. The van der Waals surface area contributed by atoms with Gasteiger partial charge in [-0.05, 0) is 25.3 Å². The number of aromatic nitrogens is 2. The van der Waals surface area contributed by atoms with Gasteiger partial charge in [0.05, 0.1) is 11.8 Å². The highest BCUT2D eigenvalue weighted by Crippen LogP contribution is 2.24. The minimum Gasteiger partial charge on any atom is -0.393 e. The first-order chi connectivity index (χ1) is 6.76. The van der Waals surface area contributed by atoms with Gasteiger partial charge >= 0.3 is 0 Å². The molecule has 0 amide bonds. The first kappa shape index (κ1) is 9.68. The summed E-state index contributed by atoms with van der Waals surface area (Å²) in [6.45, 7) is 3.43. The molecule has 3 N–H and O–H groups in total. The Hall–Kier alpha value is -0.870. The van der Waals surface area contributed by atoms with Gasteiger partial charge in [-0.15, -0.1) is 0 Å². The van der Waals surface area contributed by atoms with Crippen molar-refractivity contribution in [1.82, 2.24) is 9.78 Å². The van der Waals surface area contributed by atoms with Crippen LogP contribution in [0.25, 0.3) is 0 Å². The average Bonchev–Trinajstić information content (AvgIpc) is 2.55. The number of aliphatic hydroxyl groups is 1. The molecule has 4 heteroatoms. The summed E-state index contributed by atoms with van der Waals surface area (Å²) in [6.07, 6.45) is 2.30. The summed E-state index contributed by atoms with van der Waals surface area (Å²) < 4.78 is 1.97. The second-order valence-corrected chi connectivity index (χ2v) is 3.79. The summed E-state index contributed by atoms with van der Waals surface area (Å²) in [5.41, 5.74) is 9.11. The molecule has 0 saturated heterocycles. The monoisotopic (exact) mass is 195 g/mol. The van der Waals surface area contributed by atoms with Crippen molar-refractivity contribution >= 4 is 0 Å². The molecule has 1 aromatic heterocycles. The molecular weight excluding hydrogens is 178 g/mol. The average molecular weight is 195 g/mol. The lowest BCUT2D eigenvalue weighted by atomic mass is 9.93. The molecule has 2 rings (SSSR count). The van der Waals surface area contributed by atoms with Crippen molar-refractivity contribution in [2.75, 3.05) is 0 Å². The minimum absolute atomic E-state index is 0.199. The Morgan fingerprint density at radius 2 is 2.43 bits per heavy atom. The van der Waals surface area contributed by atoms with Crippen molar-refractivity contribution in [1.29, 1.82) is 0 Å². The molecular formula is C10H17N3O. The predicted molar refractivity (Wildman–Crippen MR) is 53.8 cm³/mol. The van der Waals surface area contributed by atoms with Crippen LogP contribution >= 0.6 is 0 Å². The van der Waals surface area contributed by atoms with Gasteiger partial charge in [0.1, 0.15) is 0 Å². The normalized spacial score (nSPS) is 20.9. The lowest BCUT2D eigenvalue weighted by Gasteiger charge is -2.18. The van der Waals surface area contributed by atoms with Gasteiger partial charge in [-0.2, -0.15) is 5.10 Å². The van der Waals surface area contributed by atoms with Crippen LogP contribution in [0.4, 0.5) is 0 Å². The van der Waals surface area contributed by atoms with E-state index < -0.39 is 0 Å². The molecule has 1 unspecified atom stereocenters. The predicted octanol–water partition coefficient (Wildman–Crippen LogP) is 0.211. The lowest BCUT2D eigenvalue weighted by Crippen LogP contribution is -2.21. The van der Waals surface area contributed by atoms with Crippen molar-refractivity contribution in [3.05, 3.63) is 17.0 Å². The minimum atomic E-state index is -0.199. The Labute approximate surface area is 83.7 Å². The third-order valence-corrected chi connectivity index (χ3v) is 2.90. The molecule has 0 spiro atoms.